The van der Waals surface area contributed by atoms with Gasteiger partial charge in [-0.3, -0.25) is 29.0 Å². The van der Waals surface area contributed by atoms with Crippen LogP contribution in [0.2, 0.25) is 0 Å². The number of hydrogen-bond donors (Lipinski definition) is 1. The molecule has 2 aliphatic heterocycles. The average Bonchev–Trinajstić information content (AvgIpc) is 3.70. The van der Waals surface area contributed by atoms with Gasteiger partial charge in [-0.2, -0.15) is 0 Å². The predicted octanol–water partition coefficient (Wildman–Crippen LogP) is 2.75. The monoisotopic (exact) mass is 531 g/mol. The van der Waals surface area contributed by atoms with Crippen LogP contribution in [-0.2, 0) is 19.2 Å². The summed E-state index contributed by atoms with van der Waals surface area (Å²) in [6.07, 6.45) is 4.31. The van der Waals surface area contributed by atoms with E-state index in [9.17, 15) is 23.6 Å². The van der Waals surface area contributed by atoms with Crippen molar-refractivity contribution in [2.75, 3.05) is 45.8 Å². The lowest BCUT2D eigenvalue weighted by molar-refractivity contribution is -0.140. The molecule has 2 atom stereocenters. The van der Waals surface area contributed by atoms with Gasteiger partial charge in [0.05, 0.1) is 19.0 Å². The second-order valence-electron chi connectivity index (χ2n) is 10.00. The van der Waals surface area contributed by atoms with Crippen LogP contribution in [-0.4, -0.2) is 93.6 Å². The number of ketones is 1. The van der Waals surface area contributed by atoms with E-state index >= 15 is 0 Å². The number of nitrogens with zero attached hydrogens (tertiary/aromatic N) is 3. The van der Waals surface area contributed by atoms with E-state index < -0.39 is 17.8 Å². The predicted molar refractivity (Wildman–Crippen MR) is 138 cm³/mol. The molecule has 1 saturated carbocycles. The molecular formula is C27H34FN3O5S. The number of aliphatic carboxylic acids is 1. The van der Waals surface area contributed by atoms with Gasteiger partial charge in [0, 0.05) is 62.9 Å². The maximum Gasteiger partial charge on any atom is 0.304 e. The van der Waals surface area contributed by atoms with Gasteiger partial charge < -0.3 is 10.0 Å². The van der Waals surface area contributed by atoms with Gasteiger partial charge in [0.1, 0.15) is 5.82 Å². The summed E-state index contributed by atoms with van der Waals surface area (Å²) >= 11 is 1.26. The highest BCUT2D eigenvalue weighted by Gasteiger charge is 2.41. The number of carboxylic acids is 1. The summed E-state index contributed by atoms with van der Waals surface area (Å²) in [6.45, 7) is 4.53. The summed E-state index contributed by atoms with van der Waals surface area (Å²) in [6, 6.07) is 5.78. The largest absolute Gasteiger partial charge is 0.481 e. The van der Waals surface area contributed by atoms with Crippen molar-refractivity contribution in [2.24, 2.45) is 5.92 Å². The molecule has 200 valence electrons. The first kappa shape index (κ1) is 27.5. The van der Waals surface area contributed by atoms with Crippen molar-refractivity contribution in [3.63, 3.8) is 0 Å². The van der Waals surface area contributed by atoms with Crippen molar-refractivity contribution in [1.82, 2.24) is 14.7 Å². The number of rotatable bonds is 10. The first-order valence-electron chi connectivity index (χ1n) is 12.8. The first-order valence-corrected chi connectivity index (χ1v) is 13.7. The fourth-order valence-electron chi connectivity index (χ4n) is 5.08. The second kappa shape index (κ2) is 12.3. The molecule has 1 aromatic rings. The maximum absolute atomic E-state index is 14.8. The Morgan fingerprint density at radius 2 is 1.89 bits per heavy atom. The van der Waals surface area contributed by atoms with E-state index in [0.29, 0.717) is 51.3 Å². The number of thioether (sulfide) groups is 1. The summed E-state index contributed by atoms with van der Waals surface area (Å²) in [5.41, 5.74) is 1.36. The van der Waals surface area contributed by atoms with E-state index in [4.69, 9.17) is 5.11 Å². The topological polar surface area (TPSA) is 98.2 Å². The normalized spacial score (nSPS) is 23.3. The van der Waals surface area contributed by atoms with E-state index in [1.807, 2.05) is 15.9 Å². The number of carbonyl (C=O) groups is 4. The number of likely N-dealkylation sites (tertiary alicyclic amines) is 1. The van der Waals surface area contributed by atoms with Crippen LogP contribution in [0.5, 0.6) is 0 Å². The summed E-state index contributed by atoms with van der Waals surface area (Å²) in [4.78, 5) is 54.4. The molecule has 0 aromatic heterocycles. The number of piperazine rings is 1. The summed E-state index contributed by atoms with van der Waals surface area (Å²) < 4.78 is 14.8. The first-order chi connectivity index (χ1) is 17.7. The average molecular weight is 532 g/mol. The van der Waals surface area contributed by atoms with E-state index in [-0.39, 0.29) is 40.9 Å². The Kier molecular flexibility index (Phi) is 9.15. The zero-order chi connectivity index (χ0) is 26.5. The van der Waals surface area contributed by atoms with Gasteiger partial charge in [-0.15, -0.1) is 0 Å². The van der Waals surface area contributed by atoms with Crippen LogP contribution in [0.15, 0.2) is 35.9 Å². The minimum absolute atomic E-state index is 0.000131. The number of amides is 1. The summed E-state index contributed by atoms with van der Waals surface area (Å²) in [5.74, 6) is -1.32. The van der Waals surface area contributed by atoms with Crippen molar-refractivity contribution >= 4 is 34.5 Å². The van der Waals surface area contributed by atoms with E-state index in [1.54, 1.807) is 23.1 Å². The Labute approximate surface area is 220 Å². The SMILES string of the molecule is CC(=O)SC1CCN(C(C(=O)C2CC2)c2ccccc2F)CC1=CCN1CCN(CCC(=O)O)CC1=O. The van der Waals surface area contributed by atoms with Gasteiger partial charge in [-0.1, -0.05) is 36.0 Å². The highest BCUT2D eigenvalue weighted by Crippen LogP contribution is 2.40. The van der Waals surface area contributed by atoms with E-state index in [1.165, 1.54) is 24.8 Å². The van der Waals surface area contributed by atoms with Gasteiger partial charge in [0.25, 0.3) is 0 Å². The highest BCUT2D eigenvalue weighted by molar-refractivity contribution is 8.14. The zero-order valence-electron chi connectivity index (χ0n) is 21.1. The quantitative estimate of drug-likeness (QED) is 0.461. The van der Waals surface area contributed by atoms with Crippen LogP contribution in [0.25, 0.3) is 0 Å². The fourth-order valence-corrected chi connectivity index (χ4v) is 6.02. The molecular weight excluding hydrogens is 497 g/mol. The Balaban J connectivity index is 1.49. The molecule has 2 unspecified atom stereocenters. The van der Waals surface area contributed by atoms with Gasteiger partial charge in [-0.05, 0) is 30.9 Å². The molecule has 3 fully saturated rings. The Hall–Kier alpha value is -2.56. The molecule has 2 saturated heterocycles. The van der Waals surface area contributed by atoms with Gasteiger partial charge in [0.15, 0.2) is 10.9 Å². The molecule has 37 heavy (non-hydrogen) atoms. The van der Waals surface area contributed by atoms with Crippen LogP contribution in [0.3, 0.4) is 0 Å². The Bertz CT molecular complexity index is 1080. The molecule has 1 amide bonds. The van der Waals surface area contributed by atoms with E-state index in [0.717, 1.165) is 18.4 Å². The molecule has 3 aliphatic rings. The molecule has 4 rings (SSSR count). The van der Waals surface area contributed by atoms with Gasteiger partial charge in [-0.25, -0.2) is 4.39 Å². The third-order valence-electron chi connectivity index (χ3n) is 7.21. The minimum Gasteiger partial charge on any atom is -0.481 e. The van der Waals surface area contributed by atoms with Crippen molar-refractivity contribution < 1.29 is 28.7 Å². The van der Waals surface area contributed by atoms with Crippen LogP contribution < -0.4 is 0 Å². The number of Topliss-reactive ketones (excluding diaryl/α,β-unsaturated/α-hetero) is 1. The minimum atomic E-state index is -0.885. The molecule has 1 aliphatic carbocycles. The van der Waals surface area contributed by atoms with Crippen LogP contribution in [0.1, 0.15) is 44.2 Å². The van der Waals surface area contributed by atoms with Crippen molar-refractivity contribution in [3.8, 4) is 0 Å². The molecule has 10 heteroatoms. The van der Waals surface area contributed by atoms with Crippen molar-refractivity contribution in [1.29, 1.82) is 0 Å². The third kappa shape index (κ3) is 7.27. The van der Waals surface area contributed by atoms with Crippen molar-refractivity contribution in [2.45, 2.75) is 43.9 Å². The van der Waals surface area contributed by atoms with Crippen LogP contribution in [0, 0.1) is 11.7 Å². The number of carboxylic acid groups (broad SMARTS) is 1. The van der Waals surface area contributed by atoms with E-state index in [2.05, 4.69) is 0 Å². The highest BCUT2D eigenvalue weighted by atomic mass is 32.2. The van der Waals surface area contributed by atoms with Gasteiger partial charge >= 0.3 is 5.97 Å². The number of hydrogen-bond acceptors (Lipinski definition) is 7. The number of halogens is 1. The molecule has 0 radical (unpaired) electrons. The molecule has 1 aromatic carbocycles. The standard InChI is InChI=1S/C27H34FN3O5S/c1-18(32)37-23-9-13-31(26(27(36)19-6-7-19)21-4-2-3-5-22(21)28)16-20(23)8-12-30-15-14-29(17-24(30)33)11-10-25(34)35/h2-5,8,19,23,26H,6-7,9-17H2,1H3,(H,34,35). The zero-order valence-corrected chi connectivity index (χ0v) is 21.9. The molecule has 2 heterocycles. The lowest BCUT2D eigenvalue weighted by atomic mass is 9.93. The molecule has 0 spiro atoms. The fraction of sp³-hybridized carbons (Fsp3) is 0.556. The number of carbonyl (C=O) groups excluding carboxylic acids is 3. The van der Waals surface area contributed by atoms with Crippen molar-refractivity contribution in [3.05, 3.63) is 47.3 Å². The maximum atomic E-state index is 14.8. The Morgan fingerprint density at radius 1 is 1.14 bits per heavy atom. The smallest absolute Gasteiger partial charge is 0.304 e. The lowest BCUT2D eigenvalue weighted by Crippen LogP contribution is -2.50. The third-order valence-corrected chi connectivity index (χ3v) is 8.37. The second-order valence-corrected chi connectivity index (χ2v) is 11.4. The summed E-state index contributed by atoms with van der Waals surface area (Å²) in [7, 11) is 0. The lowest BCUT2D eigenvalue weighted by Gasteiger charge is -2.39. The Morgan fingerprint density at radius 3 is 2.54 bits per heavy atom. The molecule has 8 nitrogen and oxygen atoms in total. The molecule has 0 bridgehead atoms. The molecule has 1 N–H and O–H groups in total. The van der Waals surface area contributed by atoms with Crippen LogP contribution in [0.4, 0.5) is 4.39 Å². The summed E-state index contributed by atoms with van der Waals surface area (Å²) in [5, 5.41) is 8.84. The van der Waals surface area contributed by atoms with Crippen LogP contribution >= 0.6 is 11.8 Å². The van der Waals surface area contributed by atoms with Gasteiger partial charge in [0.2, 0.25) is 5.91 Å². The number of benzene rings is 1. The number of piperidine rings is 1.